The molecule has 1 saturated heterocycles. The maximum atomic E-state index is 13.7. The minimum Gasteiger partial charge on any atom is -0.339 e. The Hall–Kier alpha value is -0.900. The highest BCUT2D eigenvalue weighted by atomic mass is 79.9. The van der Waals surface area contributed by atoms with Gasteiger partial charge in [0.2, 0.25) is 0 Å². The van der Waals surface area contributed by atoms with Crippen molar-refractivity contribution in [3.05, 3.63) is 34.1 Å². The van der Waals surface area contributed by atoms with Crippen LogP contribution in [0.2, 0.25) is 0 Å². The van der Waals surface area contributed by atoms with Crippen LogP contribution in [0.4, 0.5) is 4.39 Å². The minimum atomic E-state index is -0.435. The van der Waals surface area contributed by atoms with Gasteiger partial charge in [-0.2, -0.15) is 0 Å². The number of carbonyl (C=O) groups is 1. The molecule has 2 aliphatic rings. The lowest BCUT2D eigenvalue weighted by molar-refractivity contribution is 0.0674. The number of likely N-dealkylation sites (tertiary alicyclic amines) is 1. The Morgan fingerprint density at radius 3 is 2.50 bits per heavy atom. The highest BCUT2D eigenvalue weighted by molar-refractivity contribution is 9.10. The highest BCUT2D eigenvalue weighted by Crippen LogP contribution is 2.53. The molecule has 96 valence electrons. The second kappa shape index (κ2) is 4.34. The van der Waals surface area contributed by atoms with Gasteiger partial charge in [0, 0.05) is 17.6 Å². The van der Waals surface area contributed by atoms with E-state index < -0.39 is 5.82 Å². The lowest BCUT2D eigenvalue weighted by Crippen LogP contribution is -2.39. The van der Waals surface area contributed by atoms with Gasteiger partial charge in [-0.1, -0.05) is 15.9 Å². The van der Waals surface area contributed by atoms with Crippen molar-refractivity contribution < 1.29 is 9.18 Å². The maximum absolute atomic E-state index is 13.7. The first-order chi connectivity index (χ1) is 8.60. The van der Waals surface area contributed by atoms with E-state index >= 15 is 0 Å². The third-order valence-electron chi connectivity index (χ3n) is 4.23. The van der Waals surface area contributed by atoms with Gasteiger partial charge in [-0.15, -0.1) is 0 Å². The first kappa shape index (κ1) is 12.2. The smallest absolute Gasteiger partial charge is 0.256 e. The summed E-state index contributed by atoms with van der Waals surface area (Å²) in [7, 11) is 0. The fourth-order valence-corrected chi connectivity index (χ4v) is 3.05. The summed E-state index contributed by atoms with van der Waals surface area (Å²) in [6.07, 6.45) is 4.77. The molecule has 1 saturated carbocycles. The molecule has 18 heavy (non-hydrogen) atoms. The topological polar surface area (TPSA) is 20.3 Å². The van der Waals surface area contributed by atoms with E-state index in [1.54, 1.807) is 17.0 Å². The normalized spacial score (nSPS) is 21.1. The van der Waals surface area contributed by atoms with Crippen molar-refractivity contribution in [2.75, 3.05) is 13.1 Å². The number of benzene rings is 1. The fraction of sp³-hybridized carbons (Fsp3) is 0.500. The monoisotopic (exact) mass is 311 g/mol. The molecule has 1 aromatic rings. The van der Waals surface area contributed by atoms with E-state index in [0.29, 0.717) is 5.41 Å². The minimum absolute atomic E-state index is 0.177. The van der Waals surface area contributed by atoms with Crippen LogP contribution in [0.5, 0.6) is 0 Å². The van der Waals surface area contributed by atoms with E-state index in [1.807, 2.05) is 0 Å². The van der Waals surface area contributed by atoms with Crippen LogP contribution in [0.15, 0.2) is 22.7 Å². The molecule has 0 bridgehead atoms. The summed E-state index contributed by atoms with van der Waals surface area (Å²) in [6.45, 7) is 1.54. The average molecular weight is 312 g/mol. The Morgan fingerprint density at radius 1 is 1.22 bits per heavy atom. The van der Waals surface area contributed by atoms with Crippen LogP contribution in [0.25, 0.3) is 0 Å². The number of hydrogen-bond donors (Lipinski definition) is 0. The van der Waals surface area contributed by atoms with Crippen LogP contribution in [0.3, 0.4) is 0 Å². The molecule has 1 aromatic carbocycles. The lowest BCUT2D eigenvalue weighted by atomic mass is 9.93. The summed E-state index contributed by atoms with van der Waals surface area (Å²) < 4.78 is 14.4. The quantitative estimate of drug-likeness (QED) is 0.776. The van der Waals surface area contributed by atoms with Crippen molar-refractivity contribution >= 4 is 21.8 Å². The van der Waals surface area contributed by atoms with Gasteiger partial charge in [0.15, 0.2) is 0 Å². The van der Waals surface area contributed by atoms with Crippen molar-refractivity contribution in [3.63, 3.8) is 0 Å². The van der Waals surface area contributed by atoms with E-state index in [-0.39, 0.29) is 11.5 Å². The number of rotatable bonds is 1. The van der Waals surface area contributed by atoms with Crippen molar-refractivity contribution in [3.8, 4) is 0 Å². The van der Waals surface area contributed by atoms with Crippen LogP contribution in [0.1, 0.15) is 36.0 Å². The van der Waals surface area contributed by atoms with E-state index in [0.717, 1.165) is 30.4 Å². The van der Waals surface area contributed by atoms with Crippen molar-refractivity contribution in [1.82, 2.24) is 4.90 Å². The molecule has 4 heteroatoms. The van der Waals surface area contributed by atoms with E-state index in [1.165, 1.54) is 18.9 Å². The summed E-state index contributed by atoms with van der Waals surface area (Å²) in [5.41, 5.74) is 0.711. The number of amides is 1. The Bertz CT molecular complexity index is 489. The van der Waals surface area contributed by atoms with E-state index in [4.69, 9.17) is 0 Å². The average Bonchev–Trinajstić information content (AvgIpc) is 3.12. The van der Waals surface area contributed by atoms with Crippen molar-refractivity contribution in [1.29, 1.82) is 0 Å². The second-order valence-corrected chi connectivity index (χ2v) is 6.33. The standard InChI is InChI=1S/C14H15BrFNO/c15-10-1-2-12(16)11(9-10)13(18)17-7-5-14(3-4-14)6-8-17/h1-2,9H,3-8H2. The third kappa shape index (κ3) is 2.18. The molecule has 1 aliphatic carbocycles. The number of carbonyl (C=O) groups excluding carboxylic acids is 1. The summed E-state index contributed by atoms with van der Waals surface area (Å²) in [5.74, 6) is -0.612. The maximum Gasteiger partial charge on any atom is 0.256 e. The highest BCUT2D eigenvalue weighted by Gasteiger charge is 2.45. The molecule has 1 aliphatic heterocycles. The molecule has 0 N–H and O–H groups in total. The molecule has 3 rings (SSSR count). The first-order valence-electron chi connectivity index (χ1n) is 6.34. The Kier molecular flexibility index (Phi) is 2.93. The molecule has 1 spiro atoms. The molecule has 0 unspecified atom stereocenters. The van der Waals surface area contributed by atoms with Crippen molar-refractivity contribution in [2.24, 2.45) is 5.41 Å². The Morgan fingerprint density at radius 2 is 1.89 bits per heavy atom. The van der Waals surface area contributed by atoms with Gasteiger partial charge < -0.3 is 4.90 Å². The van der Waals surface area contributed by atoms with Gasteiger partial charge in [0.1, 0.15) is 5.82 Å². The Balaban J connectivity index is 1.76. The fourth-order valence-electron chi connectivity index (χ4n) is 2.69. The number of halogens is 2. The van der Waals surface area contributed by atoms with Gasteiger partial charge >= 0.3 is 0 Å². The van der Waals surface area contributed by atoms with E-state index in [2.05, 4.69) is 15.9 Å². The summed E-state index contributed by atoms with van der Waals surface area (Å²) >= 11 is 3.28. The van der Waals surface area contributed by atoms with Crippen LogP contribution in [-0.2, 0) is 0 Å². The van der Waals surface area contributed by atoms with Crippen LogP contribution in [-0.4, -0.2) is 23.9 Å². The first-order valence-corrected chi connectivity index (χ1v) is 7.13. The third-order valence-corrected chi connectivity index (χ3v) is 4.72. The van der Waals surface area contributed by atoms with Gasteiger partial charge in [-0.3, -0.25) is 4.79 Å². The van der Waals surface area contributed by atoms with Crippen LogP contribution in [0, 0.1) is 11.2 Å². The van der Waals surface area contributed by atoms with Crippen LogP contribution < -0.4 is 0 Å². The molecular weight excluding hydrogens is 297 g/mol. The second-order valence-electron chi connectivity index (χ2n) is 5.42. The van der Waals surface area contributed by atoms with Crippen LogP contribution >= 0.6 is 15.9 Å². The summed E-state index contributed by atoms with van der Waals surface area (Å²) in [5, 5.41) is 0. The molecule has 0 radical (unpaired) electrons. The molecular formula is C14H15BrFNO. The van der Waals surface area contributed by atoms with Crippen molar-refractivity contribution in [2.45, 2.75) is 25.7 Å². The van der Waals surface area contributed by atoms with Gasteiger partial charge in [0.25, 0.3) is 5.91 Å². The van der Waals surface area contributed by atoms with Gasteiger partial charge in [0.05, 0.1) is 5.56 Å². The molecule has 1 heterocycles. The zero-order valence-electron chi connectivity index (χ0n) is 10.1. The lowest BCUT2D eigenvalue weighted by Gasteiger charge is -2.32. The summed E-state index contributed by atoms with van der Waals surface area (Å²) in [6, 6.07) is 4.52. The summed E-state index contributed by atoms with van der Waals surface area (Å²) in [4.78, 5) is 14.1. The van der Waals surface area contributed by atoms with E-state index in [9.17, 15) is 9.18 Å². The van der Waals surface area contributed by atoms with Gasteiger partial charge in [-0.25, -0.2) is 4.39 Å². The molecule has 0 aromatic heterocycles. The molecule has 2 nitrogen and oxygen atoms in total. The largest absolute Gasteiger partial charge is 0.339 e. The molecule has 0 atom stereocenters. The SMILES string of the molecule is O=C(c1cc(Br)ccc1F)N1CCC2(CC1)CC2. The number of nitrogens with zero attached hydrogens (tertiary/aromatic N) is 1. The van der Waals surface area contributed by atoms with Gasteiger partial charge in [-0.05, 0) is 49.3 Å². The zero-order valence-corrected chi connectivity index (χ0v) is 11.7. The predicted molar refractivity (Wildman–Crippen MR) is 70.9 cm³/mol. The number of piperidine rings is 1. The Labute approximate surface area is 114 Å². The number of hydrogen-bond acceptors (Lipinski definition) is 1. The molecule has 1 amide bonds. The predicted octanol–water partition coefficient (Wildman–Crippen LogP) is 3.60. The zero-order chi connectivity index (χ0) is 12.8. The molecule has 2 fully saturated rings.